The van der Waals surface area contributed by atoms with Gasteiger partial charge in [-0.1, -0.05) is 0 Å². The zero-order chi connectivity index (χ0) is 13.4. The lowest BCUT2D eigenvalue weighted by molar-refractivity contribution is 0.0725. The highest BCUT2D eigenvalue weighted by atomic mass is 32.1. The number of H-pyrrole nitrogens is 2. The molecule has 0 bridgehead atoms. The molecule has 5 nitrogen and oxygen atoms in total. The van der Waals surface area contributed by atoms with Crippen molar-refractivity contribution in [1.29, 1.82) is 0 Å². The maximum atomic E-state index is 12.4. The second kappa shape index (κ2) is 4.70. The van der Waals surface area contributed by atoms with E-state index in [2.05, 4.69) is 29.3 Å². The van der Waals surface area contributed by atoms with Crippen LogP contribution in [0.2, 0.25) is 0 Å². The first-order chi connectivity index (χ1) is 9.13. The molecule has 3 rings (SSSR count). The van der Waals surface area contributed by atoms with Crippen molar-refractivity contribution in [3.63, 3.8) is 0 Å². The topological polar surface area (TPSA) is 69.0 Å². The minimum atomic E-state index is -0.272. The van der Waals surface area contributed by atoms with Crippen LogP contribution in [0.3, 0.4) is 0 Å². The van der Waals surface area contributed by atoms with Gasteiger partial charge < -0.3 is 4.90 Å². The fraction of sp³-hybridized carbons (Fsp3) is 0.385. The van der Waals surface area contributed by atoms with Crippen molar-refractivity contribution < 1.29 is 4.79 Å². The summed E-state index contributed by atoms with van der Waals surface area (Å²) in [6, 6.07) is 5.75. The number of aromatic amines is 2. The Balaban J connectivity index is 1.81. The fourth-order valence-electron chi connectivity index (χ4n) is 2.09. The summed E-state index contributed by atoms with van der Waals surface area (Å²) in [5, 5.41) is 5.04. The van der Waals surface area contributed by atoms with Crippen LogP contribution in [0.25, 0.3) is 0 Å². The smallest absolute Gasteiger partial charge is 0.272 e. The standard InChI is InChI=1S/C13H15N3O2S/c1-8-2-5-10(19-8)7-16(9-3-4-9)13(18)11-6-12(17)15-14-11/h2,5-6,9H,3-4,7H2,1H3,(H2,14,15,17). The number of hydrogen-bond acceptors (Lipinski definition) is 3. The van der Waals surface area contributed by atoms with Crippen molar-refractivity contribution in [2.24, 2.45) is 0 Å². The van der Waals surface area contributed by atoms with Gasteiger partial charge in [-0.15, -0.1) is 11.3 Å². The van der Waals surface area contributed by atoms with E-state index >= 15 is 0 Å². The van der Waals surface area contributed by atoms with Crippen LogP contribution in [0, 0.1) is 6.92 Å². The first-order valence-electron chi connectivity index (χ1n) is 6.27. The van der Waals surface area contributed by atoms with E-state index in [-0.39, 0.29) is 11.5 Å². The number of nitrogens with one attached hydrogen (secondary N) is 2. The molecule has 1 aliphatic rings. The molecule has 0 aromatic carbocycles. The average molecular weight is 277 g/mol. The van der Waals surface area contributed by atoms with E-state index < -0.39 is 0 Å². The Hall–Kier alpha value is -1.82. The van der Waals surface area contributed by atoms with Crippen LogP contribution in [-0.2, 0) is 6.54 Å². The molecule has 0 atom stereocenters. The zero-order valence-electron chi connectivity index (χ0n) is 10.6. The fourth-order valence-corrected chi connectivity index (χ4v) is 2.98. The lowest BCUT2D eigenvalue weighted by Crippen LogP contribution is -2.32. The van der Waals surface area contributed by atoms with Crippen LogP contribution in [0.5, 0.6) is 0 Å². The van der Waals surface area contributed by atoms with E-state index in [0.29, 0.717) is 18.3 Å². The number of carbonyl (C=O) groups excluding carboxylic acids is 1. The van der Waals surface area contributed by atoms with Crippen molar-refractivity contribution in [3.8, 4) is 0 Å². The number of nitrogens with zero attached hydrogens (tertiary/aromatic N) is 1. The Kier molecular flexibility index (Phi) is 3.02. The Bertz CT molecular complexity index is 651. The van der Waals surface area contributed by atoms with Crippen LogP contribution in [0.15, 0.2) is 23.0 Å². The first-order valence-corrected chi connectivity index (χ1v) is 7.09. The third-order valence-electron chi connectivity index (χ3n) is 3.20. The Labute approximate surface area is 114 Å². The molecule has 2 aromatic heterocycles. The van der Waals surface area contributed by atoms with Crippen LogP contribution >= 0.6 is 11.3 Å². The summed E-state index contributed by atoms with van der Waals surface area (Å²) >= 11 is 1.71. The van der Waals surface area contributed by atoms with Gasteiger partial charge in [0.2, 0.25) is 0 Å². The second-order valence-corrected chi connectivity index (χ2v) is 6.22. The highest BCUT2D eigenvalue weighted by molar-refractivity contribution is 7.11. The summed E-state index contributed by atoms with van der Waals surface area (Å²) in [6.07, 6.45) is 2.09. The molecular weight excluding hydrogens is 262 g/mol. The molecule has 1 fully saturated rings. The van der Waals surface area contributed by atoms with Crippen molar-refractivity contribution in [2.45, 2.75) is 32.4 Å². The van der Waals surface area contributed by atoms with Gasteiger partial charge >= 0.3 is 0 Å². The molecule has 100 valence electrons. The molecule has 6 heteroatoms. The molecule has 0 radical (unpaired) electrons. The van der Waals surface area contributed by atoms with Gasteiger partial charge in [0.1, 0.15) is 5.69 Å². The molecule has 0 aliphatic heterocycles. The van der Waals surface area contributed by atoms with Crippen LogP contribution < -0.4 is 5.56 Å². The number of thiophene rings is 1. The molecule has 1 aliphatic carbocycles. The van der Waals surface area contributed by atoms with Crippen LogP contribution in [-0.4, -0.2) is 27.0 Å². The monoisotopic (exact) mass is 277 g/mol. The van der Waals surface area contributed by atoms with E-state index in [9.17, 15) is 9.59 Å². The van der Waals surface area contributed by atoms with E-state index in [1.54, 1.807) is 11.3 Å². The largest absolute Gasteiger partial charge is 0.329 e. The van der Waals surface area contributed by atoms with Gasteiger partial charge in [0.25, 0.3) is 11.5 Å². The Morgan fingerprint density at radius 2 is 2.21 bits per heavy atom. The molecule has 0 unspecified atom stereocenters. The van der Waals surface area contributed by atoms with Gasteiger partial charge in [-0.2, -0.15) is 0 Å². The summed E-state index contributed by atoms with van der Waals surface area (Å²) in [4.78, 5) is 27.8. The number of aryl methyl sites for hydroxylation is 1. The van der Waals surface area contributed by atoms with Gasteiger partial charge in [0.15, 0.2) is 0 Å². The Morgan fingerprint density at radius 1 is 1.42 bits per heavy atom. The predicted molar refractivity (Wildman–Crippen MR) is 73.4 cm³/mol. The first kappa shape index (κ1) is 12.2. The number of aromatic nitrogens is 2. The van der Waals surface area contributed by atoms with Gasteiger partial charge in [0.05, 0.1) is 6.54 Å². The van der Waals surface area contributed by atoms with Gasteiger partial charge in [0, 0.05) is 21.9 Å². The third-order valence-corrected chi connectivity index (χ3v) is 4.18. The SMILES string of the molecule is Cc1ccc(CN(C(=O)c2cc(=O)[nH][nH]2)C2CC2)s1. The molecular formula is C13H15N3O2S. The van der Waals surface area contributed by atoms with Gasteiger partial charge in [-0.05, 0) is 31.9 Å². The molecule has 1 amide bonds. The molecule has 2 aromatic rings. The maximum absolute atomic E-state index is 12.4. The second-order valence-electron chi connectivity index (χ2n) is 4.85. The number of amides is 1. The molecule has 19 heavy (non-hydrogen) atoms. The quantitative estimate of drug-likeness (QED) is 0.896. The molecule has 1 saturated carbocycles. The van der Waals surface area contributed by atoms with E-state index in [0.717, 1.165) is 12.8 Å². The maximum Gasteiger partial charge on any atom is 0.272 e. The van der Waals surface area contributed by atoms with Crippen molar-refractivity contribution in [1.82, 2.24) is 15.1 Å². The summed E-state index contributed by atoms with van der Waals surface area (Å²) in [6.45, 7) is 2.68. The van der Waals surface area contributed by atoms with Gasteiger partial charge in [-0.25, -0.2) is 0 Å². The van der Waals surface area contributed by atoms with Crippen molar-refractivity contribution in [2.75, 3.05) is 0 Å². The van der Waals surface area contributed by atoms with Crippen molar-refractivity contribution >= 4 is 17.2 Å². The lowest BCUT2D eigenvalue weighted by Gasteiger charge is -2.20. The summed E-state index contributed by atoms with van der Waals surface area (Å²) in [5.74, 6) is -0.105. The van der Waals surface area contributed by atoms with E-state index in [4.69, 9.17) is 0 Å². The summed E-state index contributed by atoms with van der Waals surface area (Å²) < 4.78 is 0. The normalized spacial score (nSPS) is 14.6. The minimum Gasteiger partial charge on any atom is -0.329 e. The highest BCUT2D eigenvalue weighted by Gasteiger charge is 2.33. The van der Waals surface area contributed by atoms with Crippen LogP contribution in [0.4, 0.5) is 0 Å². The van der Waals surface area contributed by atoms with Crippen LogP contribution in [0.1, 0.15) is 33.1 Å². The third kappa shape index (κ3) is 2.63. The average Bonchev–Trinajstić information content (AvgIpc) is 3.00. The molecule has 0 spiro atoms. The molecule has 0 saturated heterocycles. The lowest BCUT2D eigenvalue weighted by atomic mass is 10.3. The number of hydrogen-bond donors (Lipinski definition) is 2. The summed E-state index contributed by atoms with van der Waals surface area (Å²) in [5.41, 5.74) is 0.0660. The van der Waals surface area contributed by atoms with E-state index in [1.807, 2.05) is 4.90 Å². The number of rotatable bonds is 4. The number of carbonyl (C=O) groups is 1. The Morgan fingerprint density at radius 3 is 2.74 bits per heavy atom. The van der Waals surface area contributed by atoms with Gasteiger partial charge in [-0.3, -0.25) is 19.8 Å². The summed E-state index contributed by atoms with van der Waals surface area (Å²) in [7, 11) is 0. The molecule has 2 heterocycles. The van der Waals surface area contributed by atoms with E-state index in [1.165, 1.54) is 15.8 Å². The highest BCUT2D eigenvalue weighted by Crippen LogP contribution is 2.30. The van der Waals surface area contributed by atoms with Crippen molar-refractivity contribution in [3.05, 3.63) is 44.0 Å². The predicted octanol–water partition coefficient (Wildman–Crippen LogP) is 1.88. The molecule has 2 N–H and O–H groups in total. The zero-order valence-corrected chi connectivity index (χ0v) is 11.4. The minimum absolute atomic E-state index is 0.105.